The van der Waals surface area contributed by atoms with Crippen LogP contribution in [0.25, 0.3) is 0 Å². The Labute approximate surface area is 91.6 Å². The van der Waals surface area contributed by atoms with Gasteiger partial charge in [-0.25, -0.2) is 0 Å². The minimum Gasteiger partial charge on any atom is -0.380 e. The molecule has 0 saturated heterocycles. The molecule has 1 aromatic rings. The molecular formula is C11H21N3O. The highest BCUT2D eigenvalue weighted by Gasteiger charge is 2.18. The highest BCUT2D eigenvalue weighted by atomic mass is 16.5. The van der Waals surface area contributed by atoms with E-state index in [2.05, 4.69) is 17.3 Å². The van der Waals surface area contributed by atoms with Crippen molar-refractivity contribution in [1.29, 1.82) is 0 Å². The monoisotopic (exact) mass is 211 g/mol. The first kappa shape index (κ1) is 12.2. The van der Waals surface area contributed by atoms with Crippen LogP contribution in [0.5, 0.6) is 0 Å². The van der Waals surface area contributed by atoms with Crippen molar-refractivity contribution >= 4 is 0 Å². The van der Waals surface area contributed by atoms with Gasteiger partial charge in [-0.2, -0.15) is 5.10 Å². The standard InChI is InChI=1S/C11H21N3O/c1-6-15-7-10(12-4)11-8(2)13-14(5)9(11)3/h10,12H,6-7H2,1-5H3. The highest BCUT2D eigenvalue weighted by Crippen LogP contribution is 2.20. The Morgan fingerprint density at radius 3 is 2.53 bits per heavy atom. The van der Waals surface area contributed by atoms with Crippen molar-refractivity contribution in [3.8, 4) is 0 Å². The molecule has 1 unspecified atom stereocenters. The molecule has 1 aromatic heterocycles. The molecule has 0 aliphatic rings. The molecule has 0 bridgehead atoms. The summed E-state index contributed by atoms with van der Waals surface area (Å²) in [5.41, 5.74) is 3.54. The van der Waals surface area contributed by atoms with Crippen molar-refractivity contribution in [1.82, 2.24) is 15.1 Å². The predicted octanol–water partition coefficient (Wildman–Crippen LogP) is 1.33. The topological polar surface area (TPSA) is 39.1 Å². The van der Waals surface area contributed by atoms with E-state index in [4.69, 9.17) is 4.74 Å². The maximum absolute atomic E-state index is 5.46. The van der Waals surface area contributed by atoms with E-state index < -0.39 is 0 Å². The van der Waals surface area contributed by atoms with Gasteiger partial charge in [0.2, 0.25) is 0 Å². The fourth-order valence-corrected chi connectivity index (χ4v) is 1.84. The normalized spacial score (nSPS) is 13.1. The number of nitrogens with zero attached hydrogens (tertiary/aromatic N) is 2. The zero-order chi connectivity index (χ0) is 11.4. The van der Waals surface area contributed by atoms with E-state index in [1.807, 2.05) is 32.6 Å². The second-order valence-electron chi connectivity index (χ2n) is 3.71. The minimum absolute atomic E-state index is 0.235. The molecule has 4 nitrogen and oxygen atoms in total. The van der Waals surface area contributed by atoms with Gasteiger partial charge in [0, 0.05) is 24.9 Å². The second kappa shape index (κ2) is 5.28. The minimum atomic E-state index is 0.235. The molecule has 86 valence electrons. The van der Waals surface area contributed by atoms with Gasteiger partial charge in [0.05, 0.1) is 18.3 Å². The van der Waals surface area contributed by atoms with Crippen LogP contribution in [0.15, 0.2) is 0 Å². The second-order valence-corrected chi connectivity index (χ2v) is 3.71. The Hall–Kier alpha value is -0.870. The number of nitrogens with one attached hydrogen (secondary N) is 1. The summed E-state index contributed by atoms with van der Waals surface area (Å²) in [4.78, 5) is 0. The number of aryl methyl sites for hydroxylation is 2. The summed E-state index contributed by atoms with van der Waals surface area (Å²) in [6.45, 7) is 7.58. The lowest BCUT2D eigenvalue weighted by atomic mass is 10.1. The first-order chi connectivity index (χ1) is 7.11. The maximum Gasteiger partial charge on any atom is 0.0662 e. The molecule has 0 aliphatic carbocycles. The lowest BCUT2D eigenvalue weighted by Crippen LogP contribution is -2.23. The van der Waals surface area contributed by atoms with Crippen LogP contribution in [0.3, 0.4) is 0 Å². The van der Waals surface area contributed by atoms with E-state index in [1.54, 1.807) is 0 Å². The first-order valence-corrected chi connectivity index (χ1v) is 5.36. The van der Waals surface area contributed by atoms with Crippen molar-refractivity contribution < 1.29 is 4.74 Å². The van der Waals surface area contributed by atoms with Crippen molar-refractivity contribution in [2.75, 3.05) is 20.3 Å². The van der Waals surface area contributed by atoms with Crippen LogP contribution in [-0.4, -0.2) is 30.0 Å². The van der Waals surface area contributed by atoms with E-state index in [-0.39, 0.29) is 6.04 Å². The predicted molar refractivity (Wildman–Crippen MR) is 61.0 cm³/mol. The molecule has 4 heteroatoms. The van der Waals surface area contributed by atoms with E-state index >= 15 is 0 Å². The van der Waals surface area contributed by atoms with Gasteiger partial charge in [0.25, 0.3) is 0 Å². The number of rotatable bonds is 5. The molecule has 0 radical (unpaired) electrons. The molecule has 0 amide bonds. The van der Waals surface area contributed by atoms with E-state index in [0.717, 1.165) is 12.3 Å². The number of hydrogen-bond acceptors (Lipinski definition) is 3. The van der Waals surface area contributed by atoms with Gasteiger partial charge < -0.3 is 10.1 Å². The van der Waals surface area contributed by atoms with Crippen molar-refractivity contribution in [2.24, 2.45) is 7.05 Å². The molecule has 0 saturated carbocycles. The summed E-state index contributed by atoms with van der Waals surface area (Å²) >= 11 is 0. The smallest absolute Gasteiger partial charge is 0.0662 e. The van der Waals surface area contributed by atoms with Crippen LogP contribution in [0, 0.1) is 13.8 Å². The van der Waals surface area contributed by atoms with Gasteiger partial charge in [-0.1, -0.05) is 0 Å². The number of hydrogen-bond donors (Lipinski definition) is 1. The summed E-state index contributed by atoms with van der Waals surface area (Å²) in [5, 5.41) is 7.68. The van der Waals surface area contributed by atoms with E-state index in [1.165, 1.54) is 11.3 Å². The number of aromatic nitrogens is 2. The summed E-state index contributed by atoms with van der Waals surface area (Å²) < 4.78 is 7.38. The zero-order valence-corrected chi connectivity index (χ0v) is 10.3. The fraction of sp³-hybridized carbons (Fsp3) is 0.727. The lowest BCUT2D eigenvalue weighted by Gasteiger charge is -2.16. The van der Waals surface area contributed by atoms with Crippen LogP contribution in [-0.2, 0) is 11.8 Å². The summed E-state index contributed by atoms with van der Waals surface area (Å²) in [7, 11) is 3.93. The van der Waals surface area contributed by atoms with Crippen LogP contribution < -0.4 is 5.32 Å². The molecule has 1 atom stereocenters. The van der Waals surface area contributed by atoms with Crippen LogP contribution >= 0.6 is 0 Å². The largest absolute Gasteiger partial charge is 0.380 e. The van der Waals surface area contributed by atoms with Crippen molar-refractivity contribution in [3.63, 3.8) is 0 Å². The van der Waals surface area contributed by atoms with Crippen molar-refractivity contribution in [3.05, 3.63) is 17.0 Å². The van der Waals surface area contributed by atoms with Crippen LogP contribution in [0.4, 0.5) is 0 Å². The average molecular weight is 211 g/mol. The number of likely N-dealkylation sites (N-methyl/N-ethyl adjacent to an activating group) is 1. The zero-order valence-electron chi connectivity index (χ0n) is 10.3. The molecular weight excluding hydrogens is 190 g/mol. The van der Waals surface area contributed by atoms with Crippen LogP contribution in [0.2, 0.25) is 0 Å². The molecule has 1 rings (SSSR count). The van der Waals surface area contributed by atoms with Gasteiger partial charge in [-0.15, -0.1) is 0 Å². The van der Waals surface area contributed by atoms with Gasteiger partial charge in [-0.05, 0) is 27.8 Å². The average Bonchev–Trinajstić information content (AvgIpc) is 2.45. The Morgan fingerprint density at radius 2 is 2.13 bits per heavy atom. The Balaban J connectivity index is 2.90. The molecule has 0 aliphatic heterocycles. The summed E-state index contributed by atoms with van der Waals surface area (Å²) in [6.07, 6.45) is 0. The third kappa shape index (κ3) is 2.58. The Bertz CT molecular complexity index is 320. The van der Waals surface area contributed by atoms with Gasteiger partial charge in [0.1, 0.15) is 0 Å². The fourth-order valence-electron chi connectivity index (χ4n) is 1.84. The quantitative estimate of drug-likeness (QED) is 0.798. The Morgan fingerprint density at radius 1 is 1.47 bits per heavy atom. The van der Waals surface area contributed by atoms with E-state index in [9.17, 15) is 0 Å². The highest BCUT2D eigenvalue weighted by molar-refractivity contribution is 5.28. The third-order valence-corrected chi connectivity index (χ3v) is 2.75. The summed E-state index contributed by atoms with van der Waals surface area (Å²) in [6, 6.07) is 0.235. The molecule has 0 fully saturated rings. The van der Waals surface area contributed by atoms with Crippen LogP contribution in [0.1, 0.15) is 29.9 Å². The SMILES string of the molecule is CCOCC(NC)c1c(C)nn(C)c1C. The summed E-state index contributed by atoms with van der Waals surface area (Å²) in [5.74, 6) is 0. The third-order valence-electron chi connectivity index (χ3n) is 2.75. The molecule has 0 aromatic carbocycles. The molecule has 0 spiro atoms. The molecule has 1 heterocycles. The van der Waals surface area contributed by atoms with Gasteiger partial charge in [0.15, 0.2) is 0 Å². The van der Waals surface area contributed by atoms with Crippen molar-refractivity contribution in [2.45, 2.75) is 26.8 Å². The van der Waals surface area contributed by atoms with Gasteiger partial charge in [-0.3, -0.25) is 4.68 Å². The lowest BCUT2D eigenvalue weighted by molar-refractivity contribution is 0.125. The molecule has 1 N–H and O–H groups in total. The first-order valence-electron chi connectivity index (χ1n) is 5.36. The Kier molecular flexibility index (Phi) is 4.29. The maximum atomic E-state index is 5.46. The molecule has 15 heavy (non-hydrogen) atoms. The number of ether oxygens (including phenoxy) is 1. The van der Waals surface area contributed by atoms with Gasteiger partial charge >= 0.3 is 0 Å². The van der Waals surface area contributed by atoms with E-state index in [0.29, 0.717) is 6.61 Å².